The lowest BCUT2D eigenvalue weighted by atomic mass is 10.1. The molecule has 2 aromatic rings. The van der Waals surface area contributed by atoms with E-state index in [-0.39, 0.29) is 0 Å². The Morgan fingerprint density at radius 3 is 3.05 bits per heavy atom. The highest BCUT2D eigenvalue weighted by molar-refractivity contribution is 5.91. The first kappa shape index (κ1) is 13.3. The van der Waals surface area contributed by atoms with Crippen LogP contribution >= 0.6 is 0 Å². The molecule has 1 fully saturated rings. The monoisotopic (exact) mass is 270 g/mol. The molecule has 1 aliphatic heterocycles. The highest BCUT2D eigenvalue weighted by Crippen LogP contribution is 2.24. The van der Waals surface area contributed by atoms with E-state index in [4.69, 9.17) is 0 Å². The number of nitrogens with one attached hydrogen (secondary N) is 1. The molecule has 1 atom stereocenters. The lowest BCUT2D eigenvalue weighted by molar-refractivity contribution is 0.575. The molecule has 1 aliphatic rings. The molecule has 0 saturated carbocycles. The van der Waals surface area contributed by atoms with Crippen LogP contribution in [0.5, 0.6) is 0 Å². The van der Waals surface area contributed by atoms with E-state index in [1.165, 1.54) is 18.2 Å². The maximum atomic E-state index is 4.42. The second-order valence-corrected chi connectivity index (χ2v) is 5.49. The predicted octanol–water partition coefficient (Wildman–Crippen LogP) is 2.60. The van der Waals surface area contributed by atoms with Gasteiger partial charge in [-0.05, 0) is 25.8 Å². The lowest BCUT2D eigenvalue weighted by Crippen LogP contribution is -2.38. The van der Waals surface area contributed by atoms with Gasteiger partial charge in [0.1, 0.15) is 0 Å². The van der Waals surface area contributed by atoms with Gasteiger partial charge in [0.05, 0.1) is 6.20 Å². The van der Waals surface area contributed by atoms with Gasteiger partial charge in [-0.2, -0.15) is 5.10 Å². The van der Waals surface area contributed by atoms with Crippen LogP contribution in [0.1, 0.15) is 26.2 Å². The number of anilines is 1. The molecule has 1 aromatic heterocycles. The minimum atomic E-state index is 0.585. The fourth-order valence-corrected chi connectivity index (χ4v) is 2.98. The first-order valence-electron chi connectivity index (χ1n) is 7.57. The van der Waals surface area contributed by atoms with Gasteiger partial charge in [0.25, 0.3) is 0 Å². The molecule has 106 valence electrons. The summed E-state index contributed by atoms with van der Waals surface area (Å²) in [6.45, 7) is 5.41. The van der Waals surface area contributed by atoms with Crippen LogP contribution in [-0.4, -0.2) is 35.9 Å². The molecule has 0 amide bonds. The predicted molar refractivity (Wildman–Crippen MR) is 83.1 cm³/mol. The summed E-state index contributed by atoms with van der Waals surface area (Å²) in [6.07, 6.45) is 5.51. The van der Waals surface area contributed by atoms with Gasteiger partial charge < -0.3 is 10.2 Å². The first-order valence-corrected chi connectivity index (χ1v) is 7.57. The minimum Gasteiger partial charge on any atom is -0.353 e. The van der Waals surface area contributed by atoms with E-state index in [9.17, 15) is 0 Å². The third-order valence-electron chi connectivity index (χ3n) is 3.95. The van der Waals surface area contributed by atoms with E-state index in [0.717, 1.165) is 37.3 Å². The summed E-state index contributed by atoms with van der Waals surface area (Å²) >= 11 is 0. The third kappa shape index (κ3) is 2.75. The van der Waals surface area contributed by atoms with E-state index >= 15 is 0 Å². The molecule has 4 heteroatoms. The summed E-state index contributed by atoms with van der Waals surface area (Å²) in [5.41, 5.74) is 0. The molecule has 20 heavy (non-hydrogen) atoms. The largest absolute Gasteiger partial charge is 0.353 e. The normalized spacial score (nSPS) is 18.6. The van der Waals surface area contributed by atoms with Crippen LogP contribution in [0.25, 0.3) is 10.8 Å². The molecule has 0 bridgehead atoms. The van der Waals surface area contributed by atoms with Gasteiger partial charge in [-0.25, -0.2) is 0 Å². The van der Waals surface area contributed by atoms with E-state index < -0.39 is 0 Å². The Labute approximate surface area is 120 Å². The smallest absolute Gasteiger partial charge is 0.159 e. The number of hydrogen-bond acceptors (Lipinski definition) is 4. The standard InChI is InChI=1S/C16H22N4/c1-2-10-20(12-14-7-5-9-17-14)16-15-8-4-3-6-13(15)11-18-19-16/h3-4,6,8,11,14,17H,2,5,7,9-10,12H2,1H3. The molecular formula is C16H22N4. The van der Waals surface area contributed by atoms with Crippen LogP contribution in [0.3, 0.4) is 0 Å². The highest BCUT2D eigenvalue weighted by atomic mass is 15.3. The lowest BCUT2D eigenvalue weighted by Gasteiger charge is -2.27. The molecule has 1 saturated heterocycles. The van der Waals surface area contributed by atoms with Crippen molar-refractivity contribution in [2.24, 2.45) is 0 Å². The quantitative estimate of drug-likeness (QED) is 0.906. The van der Waals surface area contributed by atoms with Gasteiger partial charge in [-0.15, -0.1) is 5.10 Å². The van der Waals surface area contributed by atoms with Gasteiger partial charge in [0.15, 0.2) is 5.82 Å². The molecule has 1 aromatic carbocycles. The van der Waals surface area contributed by atoms with E-state index in [0.29, 0.717) is 6.04 Å². The van der Waals surface area contributed by atoms with Gasteiger partial charge in [-0.1, -0.05) is 31.2 Å². The minimum absolute atomic E-state index is 0.585. The zero-order valence-electron chi connectivity index (χ0n) is 12.0. The number of hydrogen-bond donors (Lipinski definition) is 1. The average molecular weight is 270 g/mol. The fourth-order valence-electron chi connectivity index (χ4n) is 2.98. The summed E-state index contributed by atoms with van der Waals surface area (Å²) in [6, 6.07) is 8.96. The molecule has 0 aliphatic carbocycles. The maximum absolute atomic E-state index is 4.42. The third-order valence-corrected chi connectivity index (χ3v) is 3.95. The van der Waals surface area contributed by atoms with Gasteiger partial charge in [0, 0.05) is 29.9 Å². The molecule has 0 radical (unpaired) electrons. The summed E-state index contributed by atoms with van der Waals surface area (Å²) in [5, 5.41) is 14.5. The molecule has 4 nitrogen and oxygen atoms in total. The Hall–Kier alpha value is -1.68. The van der Waals surface area contributed by atoms with Gasteiger partial charge in [0.2, 0.25) is 0 Å². The SMILES string of the molecule is CCCN(CC1CCCN1)c1nncc2ccccc12. The van der Waals surface area contributed by atoms with Crippen molar-refractivity contribution in [2.75, 3.05) is 24.5 Å². The average Bonchev–Trinajstić information content (AvgIpc) is 2.99. The summed E-state index contributed by atoms with van der Waals surface area (Å²) in [4.78, 5) is 2.39. The zero-order valence-corrected chi connectivity index (χ0v) is 12.0. The van der Waals surface area contributed by atoms with Crippen LogP contribution < -0.4 is 10.2 Å². The topological polar surface area (TPSA) is 41.0 Å². The maximum Gasteiger partial charge on any atom is 0.159 e. The Morgan fingerprint density at radius 2 is 2.25 bits per heavy atom. The van der Waals surface area contributed by atoms with Crippen molar-refractivity contribution >= 4 is 16.6 Å². The summed E-state index contributed by atoms with van der Waals surface area (Å²) < 4.78 is 0. The van der Waals surface area contributed by atoms with E-state index in [2.05, 4.69) is 51.6 Å². The Balaban J connectivity index is 1.91. The van der Waals surface area contributed by atoms with Crippen LogP contribution in [0.2, 0.25) is 0 Å². The molecule has 1 N–H and O–H groups in total. The van der Waals surface area contributed by atoms with Crippen molar-refractivity contribution in [1.82, 2.24) is 15.5 Å². The Kier molecular flexibility index (Phi) is 4.11. The zero-order chi connectivity index (χ0) is 13.8. The van der Waals surface area contributed by atoms with Gasteiger partial charge in [-0.3, -0.25) is 0 Å². The fraction of sp³-hybridized carbons (Fsp3) is 0.500. The van der Waals surface area contributed by atoms with Crippen molar-refractivity contribution in [3.8, 4) is 0 Å². The van der Waals surface area contributed by atoms with Crippen molar-refractivity contribution in [3.05, 3.63) is 30.5 Å². The van der Waals surface area contributed by atoms with Crippen LogP contribution in [0.4, 0.5) is 5.82 Å². The number of aromatic nitrogens is 2. The molecule has 3 rings (SSSR count). The number of benzene rings is 1. The van der Waals surface area contributed by atoms with Crippen molar-refractivity contribution in [3.63, 3.8) is 0 Å². The number of fused-ring (bicyclic) bond motifs is 1. The van der Waals surface area contributed by atoms with Crippen molar-refractivity contribution in [2.45, 2.75) is 32.2 Å². The van der Waals surface area contributed by atoms with Crippen LogP contribution in [0, 0.1) is 0 Å². The molecule has 2 heterocycles. The molecular weight excluding hydrogens is 248 g/mol. The summed E-state index contributed by atoms with van der Waals surface area (Å²) in [7, 11) is 0. The van der Waals surface area contributed by atoms with Gasteiger partial charge >= 0.3 is 0 Å². The first-order chi connectivity index (χ1) is 9.88. The van der Waals surface area contributed by atoms with Crippen LogP contribution in [-0.2, 0) is 0 Å². The number of rotatable bonds is 5. The van der Waals surface area contributed by atoms with Crippen molar-refractivity contribution < 1.29 is 0 Å². The number of nitrogens with zero attached hydrogens (tertiary/aromatic N) is 3. The summed E-state index contributed by atoms with van der Waals surface area (Å²) in [5.74, 6) is 1.03. The highest BCUT2D eigenvalue weighted by Gasteiger charge is 2.19. The second-order valence-electron chi connectivity index (χ2n) is 5.49. The van der Waals surface area contributed by atoms with Crippen LogP contribution in [0.15, 0.2) is 30.5 Å². The second kappa shape index (κ2) is 6.18. The van der Waals surface area contributed by atoms with E-state index in [1.807, 2.05) is 6.20 Å². The Bertz CT molecular complexity index is 558. The molecule has 0 spiro atoms. The molecule has 1 unspecified atom stereocenters. The Morgan fingerprint density at radius 1 is 1.35 bits per heavy atom. The van der Waals surface area contributed by atoms with E-state index in [1.54, 1.807) is 0 Å². The van der Waals surface area contributed by atoms with Crippen molar-refractivity contribution in [1.29, 1.82) is 0 Å².